The molecule has 168 valence electrons. The lowest BCUT2D eigenvalue weighted by molar-refractivity contribution is -0.138. The Labute approximate surface area is 198 Å². The number of halogens is 2. The SMILES string of the molecule is COC(=O)C1=C(N)Oc2n[nH]c(C)c2[C@@]12C(=O)N(Cc1ccc(Cl)cc1Cl)c1ccccc12. The summed E-state index contributed by atoms with van der Waals surface area (Å²) >= 11 is 12.5. The zero-order valence-electron chi connectivity index (χ0n) is 17.6. The maximum atomic E-state index is 14.4. The summed E-state index contributed by atoms with van der Waals surface area (Å²) in [5.74, 6) is -1.28. The normalized spacial score (nSPS) is 18.9. The molecule has 8 nitrogen and oxygen atoms in total. The van der Waals surface area contributed by atoms with Crippen molar-refractivity contribution in [2.24, 2.45) is 5.73 Å². The lowest BCUT2D eigenvalue weighted by Crippen LogP contribution is -2.48. The molecule has 5 rings (SSSR count). The molecule has 0 unspecified atom stereocenters. The third-order valence-corrected chi connectivity index (χ3v) is 6.60. The van der Waals surface area contributed by atoms with Gasteiger partial charge < -0.3 is 20.1 Å². The smallest absolute Gasteiger partial charge is 0.340 e. The van der Waals surface area contributed by atoms with E-state index in [0.717, 1.165) is 0 Å². The van der Waals surface area contributed by atoms with Crippen LogP contribution in [0.4, 0.5) is 5.69 Å². The number of rotatable bonds is 3. The minimum Gasteiger partial charge on any atom is -0.465 e. The van der Waals surface area contributed by atoms with E-state index in [4.69, 9.17) is 38.4 Å². The summed E-state index contributed by atoms with van der Waals surface area (Å²) in [5.41, 5.74) is 7.34. The second kappa shape index (κ2) is 7.54. The highest BCUT2D eigenvalue weighted by molar-refractivity contribution is 6.35. The van der Waals surface area contributed by atoms with E-state index in [1.165, 1.54) is 7.11 Å². The number of hydrogen-bond acceptors (Lipinski definition) is 6. The summed E-state index contributed by atoms with van der Waals surface area (Å²) in [6.45, 7) is 1.90. The Morgan fingerprint density at radius 1 is 1.27 bits per heavy atom. The van der Waals surface area contributed by atoms with Crippen LogP contribution in [0.25, 0.3) is 0 Å². The first-order valence-electron chi connectivity index (χ1n) is 9.98. The van der Waals surface area contributed by atoms with Crippen LogP contribution in [0.2, 0.25) is 10.0 Å². The molecule has 0 fully saturated rings. The number of carbonyl (C=O) groups is 2. The van der Waals surface area contributed by atoms with Crippen LogP contribution in [-0.2, 0) is 26.3 Å². The molecule has 0 saturated heterocycles. The van der Waals surface area contributed by atoms with Crippen molar-refractivity contribution in [2.75, 3.05) is 12.0 Å². The molecule has 1 spiro atoms. The quantitative estimate of drug-likeness (QED) is 0.549. The average Bonchev–Trinajstić information content (AvgIpc) is 3.27. The number of ether oxygens (including phenoxy) is 2. The summed E-state index contributed by atoms with van der Waals surface area (Å²) in [5, 5.41) is 7.92. The van der Waals surface area contributed by atoms with E-state index in [2.05, 4.69) is 10.2 Å². The van der Waals surface area contributed by atoms with Crippen molar-refractivity contribution in [3.63, 3.8) is 0 Å². The number of carbonyl (C=O) groups excluding carboxylic acids is 2. The number of hydrogen-bond donors (Lipinski definition) is 2. The first-order chi connectivity index (χ1) is 15.8. The fraction of sp³-hybridized carbons (Fsp3) is 0.174. The number of fused-ring (bicyclic) bond motifs is 4. The molecule has 10 heteroatoms. The van der Waals surface area contributed by atoms with Gasteiger partial charge in [0.25, 0.3) is 0 Å². The van der Waals surface area contributed by atoms with Crippen LogP contribution < -0.4 is 15.4 Å². The predicted octanol–water partition coefficient (Wildman–Crippen LogP) is 3.59. The number of para-hydroxylation sites is 1. The Morgan fingerprint density at radius 3 is 2.76 bits per heavy atom. The third kappa shape index (κ3) is 2.87. The molecule has 0 bridgehead atoms. The van der Waals surface area contributed by atoms with Gasteiger partial charge in [-0.1, -0.05) is 47.5 Å². The minimum absolute atomic E-state index is 0.0934. The van der Waals surface area contributed by atoms with E-state index in [1.807, 2.05) is 6.07 Å². The molecule has 0 radical (unpaired) electrons. The Kier molecular flexibility index (Phi) is 4.88. The van der Waals surface area contributed by atoms with Gasteiger partial charge in [0.15, 0.2) is 0 Å². The molecular formula is C23H18Cl2N4O4. The molecule has 1 aromatic heterocycles. The lowest BCUT2D eigenvalue weighted by Gasteiger charge is -2.34. The number of nitrogens with two attached hydrogens (primary N) is 1. The van der Waals surface area contributed by atoms with E-state index in [1.54, 1.807) is 48.2 Å². The largest absolute Gasteiger partial charge is 0.465 e. The van der Waals surface area contributed by atoms with Gasteiger partial charge >= 0.3 is 5.97 Å². The van der Waals surface area contributed by atoms with Crippen molar-refractivity contribution in [2.45, 2.75) is 18.9 Å². The van der Waals surface area contributed by atoms with Gasteiger partial charge in [-0.15, -0.1) is 5.10 Å². The van der Waals surface area contributed by atoms with Crippen molar-refractivity contribution < 1.29 is 19.1 Å². The van der Waals surface area contributed by atoms with E-state index in [0.29, 0.717) is 38.1 Å². The molecule has 2 aromatic carbocycles. The number of H-pyrrole nitrogens is 1. The maximum Gasteiger partial charge on any atom is 0.340 e. The molecule has 3 heterocycles. The summed E-state index contributed by atoms with van der Waals surface area (Å²) in [6.07, 6.45) is 0. The van der Waals surface area contributed by atoms with Gasteiger partial charge in [-0.25, -0.2) is 4.79 Å². The van der Waals surface area contributed by atoms with Gasteiger partial charge in [0, 0.05) is 27.0 Å². The summed E-state index contributed by atoms with van der Waals surface area (Å²) < 4.78 is 10.7. The Hall–Kier alpha value is -3.49. The van der Waals surface area contributed by atoms with Crippen LogP contribution in [0.5, 0.6) is 5.88 Å². The highest BCUT2D eigenvalue weighted by atomic mass is 35.5. The van der Waals surface area contributed by atoms with Gasteiger partial charge in [-0.3, -0.25) is 9.89 Å². The molecule has 33 heavy (non-hydrogen) atoms. The van der Waals surface area contributed by atoms with E-state index < -0.39 is 17.3 Å². The van der Waals surface area contributed by atoms with Gasteiger partial charge in [0.2, 0.25) is 17.7 Å². The fourth-order valence-electron chi connectivity index (χ4n) is 4.66. The molecule has 1 amide bonds. The second-order valence-electron chi connectivity index (χ2n) is 7.76. The van der Waals surface area contributed by atoms with Crippen molar-refractivity contribution in [3.8, 4) is 5.88 Å². The van der Waals surface area contributed by atoms with Crippen LogP contribution in [-0.4, -0.2) is 29.2 Å². The van der Waals surface area contributed by atoms with Crippen molar-refractivity contribution in [1.29, 1.82) is 0 Å². The number of amides is 1. The molecule has 3 N–H and O–H groups in total. The number of methoxy groups -OCH3 is 1. The van der Waals surface area contributed by atoms with E-state index in [9.17, 15) is 9.59 Å². The van der Waals surface area contributed by atoms with Gasteiger partial charge in [-0.2, -0.15) is 0 Å². The second-order valence-corrected chi connectivity index (χ2v) is 8.60. The Bertz CT molecular complexity index is 1370. The molecule has 1 atom stereocenters. The number of nitrogens with one attached hydrogen (secondary N) is 1. The first-order valence-corrected chi connectivity index (χ1v) is 10.7. The minimum atomic E-state index is -1.60. The summed E-state index contributed by atoms with van der Waals surface area (Å²) in [6, 6.07) is 12.3. The monoisotopic (exact) mass is 484 g/mol. The van der Waals surface area contributed by atoms with Gasteiger partial charge in [0.1, 0.15) is 11.0 Å². The Morgan fingerprint density at radius 2 is 2.03 bits per heavy atom. The number of esters is 1. The molecule has 3 aromatic rings. The highest BCUT2D eigenvalue weighted by Gasteiger charge is 2.62. The number of aryl methyl sites for hydroxylation is 1. The Balaban J connectivity index is 1.79. The van der Waals surface area contributed by atoms with Gasteiger partial charge in [0.05, 0.1) is 19.2 Å². The standard InChI is InChI=1S/C23H18Cl2N4O4/c1-11-17-20(28-27-11)33-19(26)18(21(30)32-2)23(17)14-5-3-4-6-16(14)29(22(23)31)10-12-7-8-13(24)9-15(12)25/h3-9H,10,26H2,1-2H3,(H,27,28)/t23-/m1/s1. The zero-order valence-corrected chi connectivity index (χ0v) is 19.1. The molecule has 0 aliphatic carbocycles. The summed E-state index contributed by atoms with van der Waals surface area (Å²) in [7, 11) is 1.23. The highest BCUT2D eigenvalue weighted by Crippen LogP contribution is 2.56. The molecule has 2 aliphatic heterocycles. The number of nitrogens with zero attached hydrogens (tertiary/aromatic N) is 2. The van der Waals surface area contributed by atoms with Crippen LogP contribution in [0.1, 0.15) is 22.4 Å². The lowest BCUT2D eigenvalue weighted by atomic mass is 9.68. The number of benzene rings is 2. The van der Waals surface area contributed by atoms with E-state index in [-0.39, 0.29) is 23.9 Å². The number of aromatic nitrogens is 2. The predicted molar refractivity (Wildman–Crippen MR) is 122 cm³/mol. The maximum absolute atomic E-state index is 14.4. The van der Waals surface area contributed by atoms with Crippen molar-refractivity contribution >= 4 is 40.8 Å². The number of anilines is 1. The number of aromatic amines is 1. The van der Waals surface area contributed by atoms with Gasteiger partial charge in [-0.05, 0) is 30.7 Å². The van der Waals surface area contributed by atoms with Crippen LogP contribution in [0.3, 0.4) is 0 Å². The van der Waals surface area contributed by atoms with Crippen molar-refractivity contribution in [3.05, 3.63) is 86.4 Å². The topological polar surface area (TPSA) is 111 Å². The molecule has 0 saturated carbocycles. The fourth-order valence-corrected chi connectivity index (χ4v) is 5.12. The van der Waals surface area contributed by atoms with Crippen LogP contribution in [0.15, 0.2) is 53.9 Å². The van der Waals surface area contributed by atoms with Crippen molar-refractivity contribution in [1.82, 2.24) is 10.2 Å². The van der Waals surface area contributed by atoms with Crippen LogP contribution >= 0.6 is 23.2 Å². The van der Waals surface area contributed by atoms with E-state index >= 15 is 0 Å². The summed E-state index contributed by atoms with van der Waals surface area (Å²) in [4.78, 5) is 29.0. The zero-order chi connectivity index (χ0) is 23.5. The first kappa shape index (κ1) is 21.4. The third-order valence-electron chi connectivity index (χ3n) is 6.01. The van der Waals surface area contributed by atoms with Crippen LogP contribution in [0, 0.1) is 6.92 Å². The average molecular weight is 485 g/mol. The molecular weight excluding hydrogens is 467 g/mol. The molecule has 2 aliphatic rings.